The zero-order chi connectivity index (χ0) is 21.5. The summed E-state index contributed by atoms with van der Waals surface area (Å²) < 4.78 is 10.8. The number of aromatic nitrogens is 1. The minimum absolute atomic E-state index is 0.0663. The lowest BCUT2D eigenvalue weighted by Crippen LogP contribution is -2.28. The third kappa shape index (κ3) is 5.80. The second-order valence-corrected chi connectivity index (χ2v) is 7.23. The Morgan fingerprint density at radius 3 is 2.40 bits per heavy atom. The molecule has 1 heterocycles. The number of rotatable bonds is 9. The van der Waals surface area contributed by atoms with E-state index < -0.39 is 0 Å². The summed E-state index contributed by atoms with van der Waals surface area (Å²) in [7, 11) is 1.60. The molecule has 6 nitrogen and oxygen atoms in total. The molecular weight excluding hydrogens is 380 g/mol. The van der Waals surface area contributed by atoms with E-state index in [0.717, 1.165) is 23.3 Å². The van der Waals surface area contributed by atoms with Crippen molar-refractivity contribution in [3.63, 3.8) is 0 Å². The van der Waals surface area contributed by atoms with E-state index in [4.69, 9.17) is 9.15 Å². The molecule has 0 atom stereocenters. The predicted molar refractivity (Wildman–Crippen MR) is 114 cm³/mol. The normalized spacial score (nSPS) is 10.6. The van der Waals surface area contributed by atoms with Crippen LogP contribution in [0.15, 0.2) is 52.9 Å². The number of ether oxygens (including phenoxy) is 1. The van der Waals surface area contributed by atoms with Crippen LogP contribution < -0.4 is 10.1 Å². The maximum absolute atomic E-state index is 12.3. The van der Waals surface area contributed by atoms with Gasteiger partial charge in [-0.2, -0.15) is 0 Å². The van der Waals surface area contributed by atoms with Crippen molar-refractivity contribution in [2.24, 2.45) is 0 Å². The maximum Gasteiger partial charge on any atom is 0.227 e. The lowest BCUT2D eigenvalue weighted by atomic mass is 10.1. The van der Waals surface area contributed by atoms with Crippen LogP contribution in [-0.4, -0.2) is 30.3 Å². The Balaban J connectivity index is 1.49. The molecule has 156 valence electrons. The van der Waals surface area contributed by atoms with E-state index in [1.165, 1.54) is 5.56 Å². The second kappa shape index (κ2) is 9.87. The molecule has 0 unspecified atom stereocenters. The van der Waals surface area contributed by atoms with Crippen molar-refractivity contribution in [3.8, 4) is 17.2 Å². The van der Waals surface area contributed by atoms with Crippen molar-refractivity contribution in [1.29, 1.82) is 0 Å². The number of carbonyl (C=O) groups is 2. The summed E-state index contributed by atoms with van der Waals surface area (Å²) in [5, 5.41) is 2.80. The second-order valence-electron chi connectivity index (χ2n) is 7.23. The number of oxazole rings is 1. The molecule has 3 rings (SSSR count). The molecule has 0 spiro atoms. The molecule has 1 amide bonds. The summed E-state index contributed by atoms with van der Waals surface area (Å²) in [6.07, 6.45) is 0.628. The van der Waals surface area contributed by atoms with Gasteiger partial charge in [-0.05, 0) is 50.1 Å². The highest BCUT2D eigenvalue weighted by Gasteiger charge is 2.17. The number of nitrogens with zero attached hydrogens (tertiary/aromatic N) is 1. The van der Waals surface area contributed by atoms with Crippen LogP contribution in [0.1, 0.15) is 29.0 Å². The Morgan fingerprint density at radius 1 is 1.03 bits per heavy atom. The molecule has 2 aromatic carbocycles. The number of hydrogen-bond acceptors (Lipinski definition) is 5. The summed E-state index contributed by atoms with van der Waals surface area (Å²) in [4.78, 5) is 28.8. The highest BCUT2D eigenvalue weighted by molar-refractivity contribution is 5.98. The molecule has 0 fully saturated rings. The van der Waals surface area contributed by atoms with Crippen LogP contribution in [0.4, 0.5) is 0 Å². The van der Waals surface area contributed by atoms with Crippen LogP contribution in [0, 0.1) is 13.8 Å². The molecule has 3 aromatic rings. The van der Waals surface area contributed by atoms with Gasteiger partial charge in [-0.15, -0.1) is 0 Å². The minimum atomic E-state index is -0.274. The lowest BCUT2D eigenvalue weighted by Gasteiger charge is -2.05. The third-order valence-corrected chi connectivity index (χ3v) is 4.81. The van der Waals surface area contributed by atoms with Gasteiger partial charge in [-0.1, -0.05) is 29.8 Å². The molecule has 0 aliphatic rings. The van der Waals surface area contributed by atoms with Crippen molar-refractivity contribution in [3.05, 3.63) is 71.1 Å². The quantitative estimate of drug-likeness (QED) is 0.546. The highest BCUT2D eigenvalue weighted by Crippen LogP contribution is 2.24. The van der Waals surface area contributed by atoms with Crippen molar-refractivity contribution in [1.82, 2.24) is 10.3 Å². The number of Topliss-reactive ketones (excluding diaryl/α,β-unsaturated/α-hetero) is 1. The van der Waals surface area contributed by atoms with Crippen LogP contribution in [0.5, 0.6) is 5.75 Å². The summed E-state index contributed by atoms with van der Waals surface area (Å²) in [5.41, 5.74) is 3.70. The van der Waals surface area contributed by atoms with E-state index in [0.29, 0.717) is 23.9 Å². The van der Waals surface area contributed by atoms with Gasteiger partial charge in [0, 0.05) is 12.1 Å². The van der Waals surface area contributed by atoms with Gasteiger partial charge in [0.15, 0.2) is 0 Å². The van der Waals surface area contributed by atoms with Gasteiger partial charge in [-0.3, -0.25) is 9.59 Å². The minimum Gasteiger partial charge on any atom is -0.497 e. The van der Waals surface area contributed by atoms with E-state index in [1.807, 2.05) is 55.5 Å². The molecule has 1 aromatic heterocycles. The molecule has 1 N–H and O–H groups in total. The van der Waals surface area contributed by atoms with Crippen molar-refractivity contribution >= 4 is 11.7 Å². The van der Waals surface area contributed by atoms with Crippen molar-refractivity contribution < 1.29 is 18.7 Å². The summed E-state index contributed by atoms with van der Waals surface area (Å²) in [6.45, 7) is 4.30. The molecule has 0 bridgehead atoms. The van der Waals surface area contributed by atoms with Gasteiger partial charge >= 0.3 is 0 Å². The number of amides is 1. The van der Waals surface area contributed by atoms with Crippen LogP contribution in [0.2, 0.25) is 0 Å². The Bertz CT molecular complexity index is 1000. The highest BCUT2D eigenvalue weighted by atomic mass is 16.5. The van der Waals surface area contributed by atoms with Crippen molar-refractivity contribution in [2.45, 2.75) is 33.1 Å². The summed E-state index contributed by atoms with van der Waals surface area (Å²) in [6, 6.07) is 15.5. The number of methoxy groups -OCH3 is 1. The number of aryl methyl sites for hydroxylation is 2. The number of hydrogen-bond donors (Lipinski definition) is 1. The van der Waals surface area contributed by atoms with Gasteiger partial charge in [0.1, 0.15) is 17.3 Å². The van der Waals surface area contributed by atoms with Gasteiger partial charge in [0.05, 0.1) is 25.6 Å². The Kier molecular flexibility index (Phi) is 7.01. The molecule has 0 aliphatic carbocycles. The SMILES string of the molecule is COc1ccc(-c2nc(CC(=O)CC(=O)NCCc3ccc(C)cc3)c(C)o2)cc1. The lowest BCUT2D eigenvalue weighted by molar-refractivity contribution is -0.127. The first-order valence-corrected chi connectivity index (χ1v) is 9.89. The van der Waals surface area contributed by atoms with Crippen LogP contribution in [0.25, 0.3) is 11.5 Å². The number of carbonyl (C=O) groups excluding carboxylic acids is 2. The Morgan fingerprint density at radius 2 is 1.73 bits per heavy atom. The topological polar surface area (TPSA) is 81.4 Å². The molecule has 30 heavy (non-hydrogen) atoms. The van der Waals surface area contributed by atoms with E-state index in [-0.39, 0.29) is 24.5 Å². The first-order chi connectivity index (χ1) is 14.4. The molecule has 0 saturated carbocycles. The standard InChI is InChI=1S/C24H26N2O4/c1-16-4-6-18(7-5-16)12-13-25-23(28)15-20(27)14-22-17(2)30-24(26-22)19-8-10-21(29-3)11-9-19/h4-11H,12-15H2,1-3H3,(H,25,28). The van der Waals surface area contributed by atoms with Crippen LogP contribution in [0.3, 0.4) is 0 Å². The number of nitrogens with one attached hydrogen (secondary N) is 1. The average Bonchev–Trinajstić information content (AvgIpc) is 3.09. The first kappa shape index (κ1) is 21.3. The fraction of sp³-hybridized carbons (Fsp3) is 0.292. The van der Waals surface area contributed by atoms with Gasteiger partial charge in [0.25, 0.3) is 0 Å². The summed E-state index contributed by atoms with van der Waals surface area (Å²) >= 11 is 0. The molecular formula is C24H26N2O4. The van der Waals surface area contributed by atoms with E-state index >= 15 is 0 Å². The average molecular weight is 406 g/mol. The molecule has 0 saturated heterocycles. The number of ketones is 1. The molecule has 0 radical (unpaired) electrons. The fourth-order valence-corrected chi connectivity index (χ4v) is 3.04. The molecule has 0 aliphatic heterocycles. The Hall–Kier alpha value is -3.41. The summed E-state index contributed by atoms with van der Waals surface area (Å²) in [5.74, 6) is 1.30. The van der Waals surface area contributed by atoms with Gasteiger partial charge in [0.2, 0.25) is 11.8 Å². The monoisotopic (exact) mass is 406 g/mol. The third-order valence-electron chi connectivity index (χ3n) is 4.81. The maximum atomic E-state index is 12.3. The zero-order valence-corrected chi connectivity index (χ0v) is 17.5. The van der Waals surface area contributed by atoms with E-state index in [1.54, 1.807) is 14.0 Å². The smallest absolute Gasteiger partial charge is 0.227 e. The first-order valence-electron chi connectivity index (χ1n) is 9.89. The molecule has 6 heteroatoms. The van der Waals surface area contributed by atoms with Gasteiger partial charge < -0.3 is 14.5 Å². The van der Waals surface area contributed by atoms with Crippen LogP contribution >= 0.6 is 0 Å². The van der Waals surface area contributed by atoms with E-state index in [2.05, 4.69) is 10.3 Å². The van der Waals surface area contributed by atoms with Gasteiger partial charge in [-0.25, -0.2) is 4.98 Å². The fourth-order valence-electron chi connectivity index (χ4n) is 3.04. The zero-order valence-electron chi connectivity index (χ0n) is 17.5. The predicted octanol–water partition coefficient (Wildman–Crippen LogP) is 3.83. The van der Waals surface area contributed by atoms with E-state index in [9.17, 15) is 9.59 Å². The van der Waals surface area contributed by atoms with Crippen LogP contribution in [-0.2, 0) is 22.4 Å². The largest absolute Gasteiger partial charge is 0.497 e. The number of benzene rings is 2. The van der Waals surface area contributed by atoms with Crippen molar-refractivity contribution in [2.75, 3.05) is 13.7 Å². The Labute approximate surface area is 176 Å².